The van der Waals surface area contributed by atoms with Crippen molar-refractivity contribution in [1.29, 1.82) is 0 Å². The number of rotatable bonds is 7. The number of fused-ring (bicyclic) bond motifs is 5. The van der Waals surface area contributed by atoms with Gasteiger partial charge in [0.15, 0.2) is 0 Å². The quantitative estimate of drug-likeness (QED) is 0.249. The number of nitrogens with one attached hydrogen (secondary N) is 1. The van der Waals surface area contributed by atoms with Crippen LogP contribution in [0.25, 0.3) is 0 Å². The summed E-state index contributed by atoms with van der Waals surface area (Å²) < 4.78 is 0. The Bertz CT molecular complexity index is 840. The average molecular weight is 506 g/mol. The van der Waals surface area contributed by atoms with Crippen molar-refractivity contribution in [1.82, 2.24) is 5.32 Å². The third kappa shape index (κ3) is 6.04. The van der Waals surface area contributed by atoms with E-state index in [1.54, 1.807) is 0 Å². The van der Waals surface area contributed by atoms with Crippen LogP contribution in [-0.2, 0) is 14.4 Å². The Labute approximate surface area is 214 Å². The lowest BCUT2D eigenvalue weighted by atomic mass is 9.44. The number of thioether (sulfide) groups is 1. The standard InChI is InChI=1S/C24H39NOS.C4H4O4/c1-16-14-18-19-6-7-22(26)24(19,3)11-9-20(18)23(2)10-8-17(15-21(16)23)27-13-5-12-25-4;5-3(6)1-2-4(7)8/h17-21,25H,1,5-15H2,2-4H3;1-2H,(H,5,6)(H,7,8)/b;2-1+/t17-,18+,19+,20+,21?,23-,24+;/m1./s1. The summed E-state index contributed by atoms with van der Waals surface area (Å²) in [5.41, 5.74) is 1.96. The zero-order valence-corrected chi connectivity index (χ0v) is 22.4. The lowest BCUT2D eigenvalue weighted by molar-refractivity contribution is -0.135. The summed E-state index contributed by atoms with van der Waals surface area (Å²) in [5.74, 6) is 2.24. The Morgan fingerprint density at radius 2 is 1.80 bits per heavy atom. The number of carbonyl (C=O) groups is 3. The maximum atomic E-state index is 12.6. The summed E-state index contributed by atoms with van der Waals surface area (Å²) in [6, 6.07) is 0. The van der Waals surface area contributed by atoms with E-state index in [2.05, 4.69) is 37.5 Å². The number of ketones is 1. The van der Waals surface area contributed by atoms with Crippen LogP contribution in [0, 0.1) is 34.5 Å². The van der Waals surface area contributed by atoms with Crippen LogP contribution in [0.15, 0.2) is 24.3 Å². The molecule has 0 spiro atoms. The normalized spacial score (nSPS) is 38.2. The second-order valence-electron chi connectivity index (χ2n) is 11.4. The first kappa shape index (κ1) is 28.0. The molecule has 0 aromatic heterocycles. The highest BCUT2D eigenvalue weighted by Crippen LogP contribution is 2.66. The summed E-state index contributed by atoms with van der Waals surface area (Å²) in [7, 11) is 2.05. The third-order valence-corrected chi connectivity index (χ3v) is 11.0. The molecule has 4 aliphatic rings. The highest BCUT2D eigenvalue weighted by atomic mass is 32.2. The Morgan fingerprint density at radius 3 is 2.43 bits per heavy atom. The number of hydrogen-bond acceptors (Lipinski definition) is 5. The highest BCUT2D eigenvalue weighted by molar-refractivity contribution is 7.99. The first-order valence-electron chi connectivity index (χ1n) is 13.1. The van der Waals surface area contributed by atoms with Crippen LogP contribution < -0.4 is 5.32 Å². The lowest BCUT2D eigenvalue weighted by Gasteiger charge is -2.61. The van der Waals surface area contributed by atoms with Gasteiger partial charge in [0.25, 0.3) is 0 Å². The van der Waals surface area contributed by atoms with Crippen LogP contribution >= 0.6 is 11.8 Å². The fourth-order valence-corrected chi connectivity index (χ4v) is 9.03. The Kier molecular flexibility index (Phi) is 9.30. The molecule has 0 bridgehead atoms. The lowest BCUT2D eigenvalue weighted by Crippen LogP contribution is -2.54. The molecule has 4 rings (SSSR count). The molecular formula is C28H43NO5S. The van der Waals surface area contributed by atoms with Gasteiger partial charge in [-0.2, -0.15) is 11.8 Å². The van der Waals surface area contributed by atoms with Crippen LogP contribution in [0.5, 0.6) is 0 Å². The van der Waals surface area contributed by atoms with Gasteiger partial charge in [-0.25, -0.2) is 9.59 Å². The number of hydrogen-bond donors (Lipinski definition) is 3. The second kappa shape index (κ2) is 11.6. The number of allylic oxidation sites excluding steroid dienone is 1. The van der Waals surface area contributed by atoms with Gasteiger partial charge in [0.2, 0.25) is 0 Å². The number of carboxylic acid groups (broad SMARTS) is 2. The Balaban J connectivity index is 0.000000371. The largest absolute Gasteiger partial charge is 0.478 e. The molecule has 1 unspecified atom stereocenters. The first-order valence-corrected chi connectivity index (χ1v) is 14.2. The maximum Gasteiger partial charge on any atom is 0.328 e. The number of carboxylic acids is 2. The van der Waals surface area contributed by atoms with E-state index < -0.39 is 11.9 Å². The van der Waals surface area contributed by atoms with Gasteiger partial charge in [-0.3, -0.25) is 4.79 Å². The highest BCUT2D eigenvalue weighted by Gasteiger charge is 2.60. The molecule has 0 aliphatic heterocycles. The molecule has 4 aliphatic carbocycles. The molecule has 4 saturated carbocycles. The summed E-state index contributed by atoms with van der Waals surface area (Å²) >= 11 is 2.21. The van der Waals surface area contributed by atoms with Crippen molar-refractivity contribution in [3.8, 4) is 0 Å². The molecule has 0 aromatic carbocycles. The molecule has 0 saturated heterocycles. The molecule has 0 aromatic rings. The van der Waals surface area contributed by atoms with E-state index in [0.717, 1.165) is 48.8 Å². The van der Waals surface area contributed by atoms with Crippen molar-refractivity contribution < 1.29 is 24.6 Å². The summed E-state index contributed by atoms with van der Waals surface area (Å²) in [6.45, 7) is 10.7. The van der Waals surface area contributed by atoms with Crippen molar-refractivity contribution in [2.24, 2.45) is 34.5 Å². The van der Waals surface area contributed by atoms with E-state index in [1.807, 2.05) is 7.05 Å². The fraction of sp³-hybridized carbons (Fsp3) is 0.750. The van der Waals surface area contributed by atoms with Gasteiger partial charge in [0.05, 0.1) is 0 Å². The van der Waals surface area contributed by atoms with Crippen LogP contribution in [-0.4, -0.2) is 52.5 Å². The molecular weight excluding hydrogens is 462 g/mol. The van der Waals surface area contributed by atoms with Crippen molar-refractivity contribution in [2.45, 2.75) is 76.9 Å². The van der Waals surface area contributed by atoms with Crippen LogP contribution in [0.3, 0.4) is 0 Å². The fourth-order valence-electron chi connectivity index (χ4n) is 7.77. The number of aliphatic carboxylic acids is 2. The van der Waals surface area contributed by atoms with Crippen LogP contribution in [0.4, 0.5) is 0 Å². The predicted octanol–water partition coefficient (Wildman–Crippen LogP) is 5.19. The van der Waals surface area contributed by atoms with Gasteiger partial charge in [0, 0.05) is 29.2 Å². The van der Waals surface area contributed by atoms with Gasteiger partial charge in [-0.1, -0.05) is 26.0 Å². The van der Waals surface area contributed by atoms with Crippen LogP contribution in [0.2, 0.25) is 0 Å². The van der Waals surface area contributed by atoms with Gasteiger partial charge in [-0.05, 0) is 99.8 Å². The van der Waals surface area contributed by atoms with Gasteiger partial charge in [0.1, 0.15) is 5.78 Å². The van der Waals surface area contributed by atoms with Gasteiger partial charge in [-0.15, -0.1) is 0 Å². The second-order valence-corrected chi connectivity index (χ2v) is 12.9. The first-order chi connectivity index (χ1) is 16.5. The summed E-state index contributed by atoms with van der Waals surface area (Å²) in [5, 5.41) is 19.7. The van der Waals surface area contributed by atoms with Crippen molar-refractivity contribution in [3.05, 3.63) is 24.3 Å². The zero-order valence-electron chi connectivity index (χ0n) is 21.6. The molecule has 7 heteroatoms. The van der Waals surface area contributed by atoms with E-state index >= 15 is 0 Å². The number of Topliss-reactive ketones (excluding diaryl/α,β-unsaturated/α-hetero) is 1. The molecule has 0 radical (unpaired) electrons. The molecule has 6 nitrogen and oxygen atoms in total. The topological polar surface area (TPSA) is 104 Å². The SMILES string of the molecule is C=C1C[C@@H]2[C@H](CC[C@]3(C)C(=O)CC[C@@H]23)[C@@]2(C)CC[C@@H](SCCCNC)CC12.O=C(O)/C=C/C(=O)O. The molecule has 7 atom stereocenters. The van der Waals surface area contributed by atoms with Gasteiger partial charge < -0.3 is 15.5 Å². The maximum absolute atomic E-state index is 12.6. The van der Waals surface area contributed by atoms with E-state index in [4.69, 9.17) is 10.2 Å². The molecule has 4 fully saturated rings. The van der Waals surface area contributed by atoms with Gasteiger partial charge >= 0.3 is 11.9 Å². The predicted molar refractivity (Wildman–Crippen MR) is 140 cm³/mol. The van der Waals surface area contributed by atoms with E-state index in [1.165, 1.54) is 49.9 Å². The molecule has 3 N–H and O–H groups in total. The third-order valence-electron chi connectivity index (χ3n) is 9.58. The minimum Gasteiger partial charge on any atom is -0.478 e. The van der Waals surface area contributed by atoms with E-state index in [0.29, 0.717) is 29.3 Å². The minimum atomic E-state index is -1.26. The smallest absolute Gasteiger partial charge is 0.328 e. The molecule has 196 valence electrons. The zero-order chi connectivity index (χ0) is 25.8. The average Bonchev–Trinajstić information content (AvgIpc) is 3.11. The summed E-state index contributed by atoms with van der Waals surface area (Å²) in [4.78, 5) is 31.7. The Morgan fingerprint density at radius 1 is 1.11 bits per heavy atom. The minimum absolute atomic E-state index is 0.00892. The Hall–Kier alpha value is -1.60. The monoisotopic (exact) mass is 505 g/mol. The van der Waals surface area contributed by atoms with E-state index in [-0.39, 0.29) is 5.41 Å². The van der Waals surface area contributed by atoms with Crippen LogP contribution in [0.1, 0.15) is 71.6 Å². The summed E-state index contributed by atoms with van der Waals surface area (Å²) in [6.07, 6.45) is 12.1. The molecule has 0 heterocycles. The van der Waals surface area contributed by atoms with Crippen molar-refractivity contribution in [3.63, 3.8) is 0 Å². The number of carbonyl (C=O) groups excluding carboxylic acids is 1. The van der Waals surface area contributed by atoms with E-state index in [9.17, 15) is 14.4 Å². The van der Waals surface area contributed by atoms with Crippen molar-refractivity contribution >= 4 is 29.5 Å². The molecule has 35 heavy (non-hydrogen) atoms. The van der Waals surface area contributed by atoms with Crippen molar-refractivity contribution in [2.75, 3.05) is 19.3 Å². The molecule has 0 amide bonds.